The van der Waals surface area contributed by atoms with Crippen molar-refractivity contribution in [3.63, 3.8) is 0 Å². The van der Waals surface area contributed by atoms with Gasteiger partial charge in [-0.05, 0) is 46.1 Å². The Morgan fingerprint density at radius 1 is 0.982 bits per heavy atom. The number of amides is 1. The van der Waals surface area contributed by atoms with Gasteiger partial charge in [0.2, 0.25) is 11.7 Å². The number of carbonyl (C=O) groups is 2. The van der Waals surface area contributed by atoms with Crippen molar-refractivity contribution in [3.8, 4) is 0 Å². The first-order valence-corrected chi connectivity index (χ1v) is 20.1. The van der Waals surface area contributed by atoms with E-state index >= 15 is 0 Å². The first-order valence-electron chi connectivity index (χ1n) is 17.1. The van der Waals surface area contributed by atoms with Crippen LogP contribution in [-0.4, -0.2) is 87.8 Å². The number of ether oxygens (including phenoxy) is 1. The van der Waals surface area contributed by atoms with Crippen molar-refractivity contribution in [1.82, 2.24) is 20.9 Å². The molecule has 0 aliphatic carbocycles. The van der Waals surface area contributed by atoms with Crippen LogP contribution >= 0.6 is 34.8 Å². The molecule has 3 heterocycles. The maximum absolute atomic E-state index is 13.6. The Labute approximate surface area is 331 Å². The van der Waals surface area contributed by atoms with Crippen LogP contribution in [0.2, 0.25) is 5.04 Å². The van der Waals surface area contributed by atoms with Crippen LogP contribution < -0.4 is 26.3 Å². The van der Waals surface area contributed by atoms with Crippen LogP contribution in [0.3, 0.4) is 0 Å². The van der Waals surface area contributed by atoms with Gasteiger partial charge in [-0.3, -0.25) is 4.79 Å². The quantitative estimate of drug-likeness (QED) is 0.102. The number of aliphatic imine (C=N–C) groups is 1. The van der Waals surface area contributed by atoms with E-state index in [0.717, 1.165) is 16.4 Å². The highest BCUT2D eigenvalue weighted by molar-refractivity contribution is 6.99. The van der Waals surface area contributed by atoms with Crippen molar-refractivity contribution in [2.45, 2.75) is 72.3 Å². The van der Waals surface area contributed by atoms with Crippen LogP contribution in [0.5, 0.6) is 0 Å². The topological polar surface area (TPSA) is 145 Å². The summed E-state index contributed by atoms with van der Waals surface area (Å²) in [4.78, 5) is 31.9. The lowest BCUT2D eigenvalue weighted by atomic mass is 9.85. The minimum atomic E-state index is -4.77. The van der Waals surface area contributed by atoms with E-state index in [1.54, 1.807) is 0 Å². The molecule has 1 spiro atoms. The largest absolute Gasteiger partial charge is 0.451 e. The second-order valence-electron chi connectivity index (χ2n) is 14.8. The molecule has 0 bridgehead atoms. The zero-order valence-corrected chi connectivity index (χ0v) is 33.3. The number of halogens is 6. The van der Waals surface area contributed by atoms with Gasteiger partial charge in [0.05, 0.1) is 42.2 Å². The van der Waals surface area contributed by atoms with E-state index in [1.165, 1.54) is 17.9 Å². The molecule has 294 valence electrons. The Morgan fingerprint density at radius 2 is 1.56 bits per heavy atom. The number of nitrogens with zero attached hydrogens (tertiary/aromatic N) is 2. The summed E-state index contributed by atoms with van der Waals surface area (Å²) in [5, 5.41) is 35.0. The van der Waals surface area contributed by atoms with Crippen molar-refractivity contribution in [1.29, 1.82) is 0 Å². The molecule has 3 fully saturated rings. The summed E-state index contributed by atoms with van der Waals surface area (Å²) < 4.78 is 51.2. The molecule has 3 aliphatic heterocycles. The van der Waals surface area contributed by atoms with Gasteiger partial charge in [-0.2, -0.15) is 18.2 Å². The predicted molar refractivity (Wildman–Crippen MR) is 204 cm³/mol. The molecule has 6 rings (SSSR count). The highest BCUT2D eigenvalue weighted by Crippen LogP contribution is 2.46. The predicted octanol–water partition coefficient (Wildman–Crippen LogP) is 4.07. The Balaban J connectivity index is 1.44. The zero-order valence-electron chi connectivity index (χ0n) is 30.0. The third kappa shape index (κ3) is 7.20. The van der Waals surface area contributed by atoms with Gasteiger partial charge in [0, 0.05) is 0 Å². The molecule has 55 heavy (non-hydrogen) atoms. The summed E-state index contributed by atoms with van der Waals surface area (Å²) in [5.41, 5.74) is -3.53. The third-order valence-corrected chi connectivity index (χ3v) is 15.6. The third-order valence-electron chi connectivity index (χ3n) is 10.1. The lowest BCUT2D eigenvalue weighted by Gasteiger charge is -2.52. The van der Waals surface area contributed by atoms with Crippen molar-refractivity contribution < 1.29 is 42.1 Å². The van der Waals surface area contributed by atoms with E-state index in [4.69, 9.17) is 44.0 Å². The number of benzene rings is 3. The van der Waals surface area contributed by atoms with Gasteiger partial charge in [-0.25, -0.2) is 4.79 Å². The van der Waals surface area contributed by atoms with E-state index in [-0.39, 0.29) is 24.0 Å². The molecule has 0 radical (unpaired) electrons. The second kappa shape index (κ2) is 14.3. The van der Waals surface area contributed by atoms with Gasteiger partial charge in [-0.1, -0.05) is 123 Å². The molecule has 5 N–H and O–H groups in total. The standard InChI is InChI=1S/C37H39Cl3F3N5O6Si/c1-21-16-23(18-24(17-21)37(41,42)43)30(49)54-28-19-48-32(46-31(50)36(38,39)40)45-27(29-34(48,35(28,51)52)47-22(2)44-29)20-53-55(33(3,4)5,25-12-8-6-9-13-25)26-14-10-7-11-15-26/h6-18,27-29,44,47,51-52H,2,19-20H2,1,3-5H3,(H,45,46,50)/t27-,28?,29-,34?/m0/s1. The first-order chi connectivity index (χ1) is 25.5. The van der Waals surface area contributed by atoms with Crippen LogP contribution in [-0.2, 0) is 20.1 Å². The minimum absolute atomic E-state index is 0.120. The SMILES string of the molecule is C=C1N[C@H]2[C@H](CO[Si](c3ccccc3)(c3ccccc3)C(C)(C)C)N/C(=N/C(=O)C(Cl)(Cl)Cl)N3CC(OC(=O)c4cc(C)cc(C(F)(F)F)c4)C(O)(O)C23N1. The number of carbonyl (C=O) groups excluding carboxylic acids is 2. The molecule has 3 aliphatic rings. The number of hydrogen-bond acceptors (Lipinski definition) is 8. The molecule has 0 saturated carbocycles. The number of esters is 1. The molecular formula is C37H39Cl3F3N5O6Si. The molecule has 1 amide bonds. The lowest BCUT2D eigenvalue weighted by molar-refractivity contribution is -0.258. The van der Waals surface area contributed by atoms with Gasteiger partial charge in [0.15, 0.2) is 11.8 Å². The van der Waals surface area contributed by atoms with Gasteiger partial charge in [0.1, 0.15) is 0 Å². The maximum atomic E-state index is 13.6. The molecule has 0 aromatic heterocycles. The van der Waals surface area contributed by atoms with Crippen LogP contribution in [0, 0.1) is 6.92 Å². The van der Waals surface area contributed by atoms with Crippen molar-refractivity contribution >= 4 is 71.3 Å². The number of nitrogens with one attached hydrogen (secondary N) is 3. The van der Waals surface area contributed by atoms with Gasteiger partial charge in [-0.15, -0.1) is 0 Å². The van der Waals surface area contributed by atoms with Crippen LogP contribution in [0.4, 0.5) is 13.2 Å². The molecule has 2 unspecified atom stereocenters. The zero-order chi connectivity index (χ0) is 40.4. The highest BCUT2D eigenvalue weighted by atomic mass is 35.6. The Morgan fingerprint density at radius 3 is 2.09 bits per heavy atom. The molecule has 3 aromatic carbocycles. The first kappa shape index (κ1) is 40.8. The summed E-state index contributed by atoms with van der Waals surface area (Å²) in [7, 11) is -3.21. The van der Waals surface area contributed by atoms with E-state index in [1.807, 2.05) is 60.7 Å². The summed E-state index contributed by atoms with van der Waals surface area (Å²) >= 11 is 17.8. The fourth-order valence-electron chi connectivity index (χ4n) is 7.79. The van der Waals surface area contributed by atoms with Crippen molar-refractivity contribution in [3.05, 3.63) is 108 Å². The average molecular weight is 841 g/mol. The molecule has 3 saturated heterocycles. The Bertz CT molecular complexity index is 1970. The van der Waals surface area contributed by atoms with E-state index in [0.29, 0.717) is 6.07 Å². The van der Waals surface area contributed by atoms with E-state index in [9.17, 15) is 33.0 Å². The number of rotatable bonds is 7. The van der Waals surface area contributed by atoms with Gasteiger partial charge in [0.25, 0.3) is 12.1 Å². The normalized spacial score (nSPS) is 24.4. The lowest BCUT2D eigenvalue weighted by Crippen LogP contribution is -2.81. The molecule has 11 nitrogen and oxygen atoms in total. The summed E-state index contributed by atoms with van der Waals surface area (Å²) in [5.74, 6) is -5.70. The van der Waals surface area contributed by atoms with Crippen LogP contribution in [0.25, 0.3) is 0 Å². The molecule has 18 heteroatoms. The summed E-state index contributed by atoms with van der Waals surface area (Å²) in [6, 6.07) is 20.2. The molecule has 4 atom stereocenters. The van der Waals surface area contributed by atoms with Crippen LogP contribution in [0.1, 0.15) is 42.3 Å². The smallest absolute Gasteiger partial charge is 0.416 e. The fourth-order valence-corrected chi connectivity index (χ4v) is 12.5. The van der Waals surface area contributed by atoms with Crippen molar-refractivity contribution in [2.24, 2.45) is 4.99 Å². The summed E-state index contributed by atoms with van der Waals surface area (Å²) in [6.07, 6.45) is -6.61. The molecular weight excluding hydrogens is 802 g/mol. The van der Waals surface area contributed by atoms with Crippen LogP contribution in [0.15, 0.2) is 96.3 Å². The van der Waals surface area contributed by atoms with E-state index in [2.05, 4.69) is 48.3 Å². The Hall–Kier alpha value is -3.83. The van der Waals surface area contributed by atoms with E-state index < -0.39 is 82.5 Å². The number of alkyl halides is 6. The number of hydrogen-bond donors (Lipinski definition) is 5. The second-order valence-corrected chi connectivity index (χ2v) is 21.4. The average Bonchev–Trinajstić information content (AvgIpc) is 3.57. The number of aryl methyl sites for hydroxylation is 1. The maximum Gasteiger partial charge on any atom is 0.416 e. The highest BCUT2D eigenvalue weighted by Gasteiger charge is 2.75. The minimum Gasteiger partial charge on any atom is -0.451 e. The number of aliphatic hydroxyl groups is 2. The van der Waals surface area contributed by atoms with Gasteiger partial charge >= 0.3 is 18.1 Å². The Kier molecular flexibility index (Phi) is 10.6. The fraction of sp³-hybridized carbons (Fsp3) is 0.378. The summed E-state index contributed by atoms with van der Waals surface area (Å²) in [6.45, 7) is 10.9. The van der Waals surface area contributed by atoms with Gasteiger partial charge < -0.3 is 40.2 Å². The van der Waals surface area contributed by atoms with Crippen molar-refractivity contribution in [2.75, 3.05) is 13.2 Å². The number of guanidine groups is 1. The monoisotopic (exact) mass is 839 g/mol. The molecule has 3 aromatic rings.